The summed E-state index contributed by atoms with van der Waals surface area (Å²) < 4.78 is 0. The van der Waals surface area contributed by atoms with Gasteiger partial charge in [-0.15, -0.1) is 0 Å². The SMILES string of the molecule is Cc1ccc(O)c(C)c1CCC(=O)NCCSCCCc1ccccc1. The van der Waals surface area contributed by atoms with Crippen molar-refractivity contribution >= 4 is 17.7 Å². The van der Waals surface area contributed by atoms with Gasteiger partial charge in [-0.25, -0.2) is 0 Å². The summed E-state index contributed by atoms with van der Waals surface area (Å²) in [6, 6.07) is 14.2. The maximum atomic E-state index is 12.0. The molecular weight excluding hydrogens is 342 g/mol. The Balaban J connectivity index is 1.56. The van der Waals surface area contributed by atoms with Crippen LogP contribution in [0, 0.1) is 13.8 Å². The minimum atomic E-state index is 0.0806. The van der Waals surface area contributed by atoms with E-state index >= 15 is 0 Å². The molecule has 2 N–H and O–H groups in total. The maximum absolute atomic E-state index is 12.0. The minimum Gasteiger partial charge on any atom is -0.508 e. The second kappa shape index (κ2) is 10.9. The van der Waals surface area contributed by atoms with E-state index in [1.807, 2.05) is 37.7 Å². The Hall–Kier alpha value is -1.94. The molecule has 0 aliphatic heterocycles. The fourth-order valence-electron chi connectivity index (χ4n) is 2.98. The van der Waals surface area contributed by atoms with E-state index in [0.29, 0.717) is 25.1 Å². The highest BCUT2D eigenvalue weighted by molar-refractivity contribution is 7.99. The maximum Gasteiger partial charge on any atom is 0.220 e. The first-order valence-electron chi connectivity index (χ1n) is 9.24. The van der Waals surface area contributed by atoms with Crippen LogP contribution < -0.4 is 5.32 Å². The highest BCUT2D eigenvalue weighted by atomic mass is 32.2. The van der Waals surface area contributed by atoms with Crippen molar-refractivity contribution in [2.24, 2.45) is 0 Å². The normalized spacial score (nSPS) is 10.7. The molecule has 0 heterocycles. The second-order valence-corrected chi connectivity index (χ2v) is 7.78. The van der Waals surface area contributed by atoms with Crippen molar-refractivity contribution in [3.8, 4) is 5.75 Å². The number of aromatic hydroxyl groups is 1. The molecule has 0 spiro atoms. The van der Waals surface area contributed by atoms with Crippen LogP contribution in [0.5, 0.6) is 5.75 Å². The predicted molar refractivity (Wildman–Crippen MR) is 111 cm³/mol. The molecule has 140 valence electrons. The van der Waals surface area contributed by atoms with E-state index < -0.39 is 0 Å². The van der Waals surface area contributed by atoms with Crippen LogP contribution in [0.1, 0.15) is 35.1 Å². The van der Waals surface area contributed by atoms with E-state index in [1.54, 1.807) is 6.07 Å². The molecule has 1 amide bonds. The Morgan fingerprint density at radius 1 is 1.04 bits per heavy atom. The first-order chi connectivity index (χ1) is 12.6. The minimum absolute atomic E-state index is 0.0806. The lowest BCUT2D eigenvalue weighted by Crippen LogP contribution is -2.26. The van der Waals surface area contributed by atoms with Gasteiger partial charge in [-0.05, 0) is 67.2 Å². The summed E-state index contributed by atoms with van der Waals surface area (Å²) in [4.78, 5) is 12.0. The zero-order valence-electron chi connectivity index (χ0n) is 15.8. The summed E-state index contributed by atoms with van der Waals surface area (Å²) in [5.74, 6) is 2.45. The van der Waals surface area contributed by atoms with Gasteiger partial charge in [0.1, 0.15) is 5.75 Å². The number of phenolic OH excluding ortho intramolecular Hbond substituents is 1. The van der Waals surface area contributed by atoms with Gasteiger partial charge in [0.2, 0.25) is 5.91 Å². The first-order valence-corrected chi connectivity index (χ1v) is 10.4. The number of hydrogen-bond acceptors (Lipinski definition) is 3. The summed E-state index contributed by atoms with van der Waals surface area (Å²) >= 11 is 1.89. The number of rotatable bonds is 10. The largest absolute Gasteiger partial charge is 0.508 e. The molecule has 0 radical (unpaired) electrons. The monoisotopic (exact) mass is 371 g/mol. The van der Waals surface area contributed by atoms with Crippen molar-refractivity contribution in [2.75, 3.05) is 18.1 Å². The van der Waals surface area contributed by atoms with E-state index in [4.69, 9.17) is 0 Å². The zero-order chi connectivity index (χ0) is 18.8. The van der Waals surface area contributed by atoms with Crippen LogP contribution in [0.4, 0.5) is 0 Å². The van der Waals surface area contributed by atoms with E-state index in [0.717, 1.165) is 34.6 Å². The molecule has 3 nitrogen and oxygen atoms in total. The zero-order valence-corrected chi connectivity index (χ0v) is 16.6. The van der Waals surface area contributed by atoms with Gasteiger partial charge in [-0.2, -0.15) is 11.8 Å². The quantitative estimate of drug-likeness (QED) is 0.608. The molecule has 4 heteroatoms. The summed E-state index contributed by atoms with van der Waals surface area (Å²) in [5, 5.41) is 12.8. The number of thioether (sulfide) groups is 1. The lowest BCUT2D eigenvalue weighted by atomic mass is 9.97. The van der Waals surface area contributed by atoms with Crippen LogP contribution in [0.3, 0.4) is 0 Å². The molecule has 26 heavy (non-hydrogen) atoms. The topological polar surface area (TPSA) is 49.3 Å². The molecule has 0 aliphatic rings. The molecule has 2 aromatic carbocycles. The summed E-state index contributed by atoms with van der Waals surface area (Å²) in [6.07, 6.45) is 3.41. The number of benzene rings is 2. The average Bonchev–Trinajstić information content (AvgIpc) is 2.65. The van der Waals surface area contributed by atoms with Crippen LogP contribution in [0.15, 0.2) is 42.5 Å². The number of aryl methyl sites for hydroxylation is 2. The molecule has 0 saturated carbocycles. The number of nitrogens with one attached hydrogen (secondary N) is 1. The number of carbonyl (C=O) groups is 1. The molecule has 2 aromatic rings. The standard InChI is InChI=1S/C22H29NO2S/c1-17-10-12-21(24)18(2)20(17)11-13-22(25)23-14-16-26-15-6-9-19-7-4-3-5-8-19/h3-5,7-8,10,12,24H,6,9,11,13-16H2,1-2H3,(H,23,25). The van der Waals surface area contributed by atoms with Crippen LogP contribution in [-0.4, -0.2) is 29.1 Å². The lowest BCUT2D eigenvalue weighted by molar-refractivity contribution is -0.120. The highest BCUT2D eigenvalue weighted by Gasteiger charge is 2.09. The number of amides is 1. The molecular formula is C22H29NO2S. The van der Waals surface area contributed by atoms with Crippen molar-refractivity contribution in [3.05, 3.63) is 64.7 Å². The molecule has 0 fully saturated rings. The molecule has 2 rings (SSSR count). The fraction of sp³-hybridized carbons (Fsp3) is 0.409. The smallest absolute Gasteiger partial charge is 0.220 e. The number of hydrogen-bond donors (Lipinski definition) is 2. The van der Waals surface area contributed by atoms with E-state index in [9.17, 15) is 9.90 Å². The first kappa shape index (κ1) is 20.4. The Morgan fingerprint density at radius 3 is 2.58 bits per heavy atom. The third-order valence-electron chi connectivity index (χ3n) is 4.57. The van der Waals surface area contributed by atoms with Crippen LogP contribution >= 0.6 is 11.8 Å². The molecule has 0 saturated heterocycles. The molecule has 0 unspecified atom stereocenters. The van der Waals surface area contributed by atoms with E-state index in [-0.39, 0.29) is 5.91 Å². The van der Waals surface area contributed by atoms with Gasteiger partial charge in [0.25, 0.3) is 0 Å². The summed E-state index contributed by atoms with van der Waals surface area (Å²) in [6.45, 7) is 4.64. The third kappa shape index (κ3) is 6.75. The van der Waals surface area contributed by atoms with Crippen molar-refractivity contribution in [1.29, 1.82) is 0 Å². The van der Waals surface area contributed by atoms with Gasteiger partial charge in [-0.1, -0.05) is 36.4 Å². The van der Waals surface area contributed by atoms with Gasteiger partial charge in [0, 0.05) is 18.7 Å². The van der Waals surface area contributed by atoms with E-state index in [1.165, 1.54) is 12.0 Å². The highest BCUT2D eigenvalue weighted by Crippen LogP contribution is 2.24. The third-order valence-corrected chi connectivity index (χ3v) is 5.64. The summed E-state index contributed by atoms with van der Waals surface area (Å²) in [7, 11) is 0. The fourth-order valence-corrected chi connectivity index (χ4v) is 3.78. The Kier molecular flexibility index (Phi) is 8.56. The van der Waals surface area contributed by atoms with E-state index in [2.05, 4.69) is 29.6 Å². The number of carbonyl (C=O) groups excluding carboxylic acids is 1. The van der Waals surface area contributed by atoms with Crippen molar-refractivity contribution in [3.63, 3.8) is 0 Å². The van der Waals surface area contributed by atoms with Crippen molar-refractivity contribution in [1.82, 2.24) is 5.32 Å². The Morgan fingerprint density at radius 2 is 1.81 bits per heavy atom. The molecule has 0 bridgehead atoms. The van der Waals surface area contributed by atoms with Gasteiger partial charge >= 0.3 is 0 Å². The Labute approximate surface area is 161 Å². The molecule has 0 atom stereocenters. The van der Waals surface area contributed by atoms with Crippen molar-refractivity contribution in [2.45, 2.75) is 39.5 Å². The Bertz CT molecular complexity index is 701. The van der Waals surface area contributed by atoms with Gasteiger partial charge in [0.05, 0.1) is 0 Å². The second-order valence-electron chi connectivity index (χ2n) is 6.56. The van der Waals surface area contributed by atoms with Crippen LogP contribution in [0.2, 0.25) is 0 Å². The van der Waals surface area contributed by atoms with Crippen LogP contribution in [0.25, 0.3) is 0 Å². The van der Waals surface area contributed by atoms with Crippen LogP contribution in [-0.2, 0) is 17.6 Å². The number of phenols is 1. The van der Waals surface area contributed by atoms with Gasteiger partial charge < -0.3 is 10.4 Å². The average molecular weight is 372 g/mol. The predicted octanol–water partition coefficient (Wildman–Crippen LogP) is 4.42. The lowest BCUT2D eigenvalue weighted by Gasteiger charge is -2.11. The van der Waals surface area contributed by atoms with Crippen molar-refractivity contribution < 1.29 is 9.90 Å². The molecule has 0 aromatic heterocycles. The van der Waals surface area contributed by atoms with Gasteiger partial charge in [-0.3, -0.25) is 4.79 Å². The summed E-state index contributed by atoms with van der Waals surface area (Å²) in [5.41, 5.74) is 4.48. The molecule has 0 aliphatic carbocycles. The van der Waals surface area contributed by atoms with Gasteiger partial charge in [0.15, 0.2) is 0 Å².